The molecule has 1 aliphatic rings. The Labute approximate surface area is 198 Å². The van der Waals surface area contributed by atoms with Crippen LogP contribution < -0.4 is 10.2 Å². The van der Waals surface area contributed by atoms with E-state index in [-0.39, 0.29) is 40.0 Å². The molecule has 5 rings (SSSR count). The van der Waals surface area contributed by atoms with E-state index >= 15 is 0 Å². The summed E-state index contributed by atoms with van der Waals surface area (Å²) in [6.45, 7) is 0.186. The van der Waals surface area contributed by atoms with Gasteiger partial charge in [-0.25, -0.2) is 0 Å². The number of benzene rings is 3. The summed E-state index contributed by atoms with van der Waals surface area (Å²) in [4.78, 5) is 39.2. The predicted molar refractivity (Wildman–Crippen MR) is 125 cm³/mol. The van der Waals surface area contributed by atoms with Gasteiger partial charge >= 0.3 is 0 Å². The number of nitrogens with zero attached hydrogens (tertiary/aromatic N) is 2. The van der Waals surface area contributed by atoms with Crippen LogP contribution >= 0.6 is 11.6 Å². The maximum Gasteiger partial charge on any atom is 0.291 e. The summed E-state index contributed by atoms with van der Waals surface area (Å²) >= 11 is 6.10. The highest BCUT2D eigenvalue weighted by atomic mass is 35.5. The minimum atomic E-state index is -0.787. The van der Waals surface area contributed by atoms with Gasteiger partial charge in [0.05, 0.1) is 29.0 Å². The average Bonchev–Trinajstić information content (AvgIpc) is 3.12. The molecule has 0 fully saturated rings. The van der Waals surface area contributed by atoms with Crippen LogP contribution in [0.4, 0.5) is 5.69 Å². The van der Waals surface area contributed by atoms with E-state index in [9.17, 15) is 19.7 Å². The smallest absolute Gasteiger partial charge is 0.291 e. The fourth-order valence-electron chi connectivity index (χ4n) is 4.21. The van der Waals surface area contributed by atoms with Crippen molar-refractivity contribution in [3.8, 4) is 5.75 Å². The lowest BCUT2D eigenvalue weighted by atomic mass is 9.98. The number of carbonyl (C=O) groups excluding carboxylic acids is 1. The lowest BCUT2D eigenvalue weighted by molar-refractivity contribution is -0.384. The lowest BCUT2D eigenvalue weighted by Crippen LogP contribution is -2.29. The highest BCUT2D eigenvalue weighted by Crippen LogP contribution is 2.39. The SMILES string of the molecule is COc1ccc(CN2C(=O)c3oc4ccc(Cl)cc4c(=O)c3C2c2ccc([N+](=O)[O-])cc2)cc1. The molecule has 0 saturated carbocycles. The lowest BCUT2D eigenvalue weighted by Gasteiger charge is -2.25. The van der Waals surface area contributed by atoms with Gasteiger partial charge < -0.3 is 14.1 Å². The van der Waals surface area contributed by atoms with Crippen LogP contribution in [0.5, 0.6) is 5.75 Å². The van der Waals surface area contributed by atoms with Crippen molar-refractivity contribution in [1.29, 1.82) is 0 Å². The molecule has 0 spiro atoms. The zero-order valence-electron chi connectivity index (χ0n) is 17.9. The molecule has 1 atom stereocenters. The maximum atomic E-state index is 13.5. The zero-order chi connectivity index (χ0) is 24.0. The number of methoxy groups -OCH3 is 1. The van der Waals surface area contributed by atoms with Crippen LogP contribution in [-0.2, 0) is 6.54 Å². The Balaban J connectivity index is 1.68. The number of carbonyl (C=O) groups is 1. The number of ether oxygens (including phenoxy) is 1. The van der Waals surface area contributed by atoms with Crippen molar-refractivity contribution in [2.45, 2.75) is 12.6 Å². The monoisotopic (exact) mass is 476 g/mol. The number of amides is 1. The van der Waals surface area contributed by atoms with Crippen molar-refractivity contribution in [3.63, 3.8) is 0 Å². The van der Waals surface area contributed by atoms with Crippen LogP contribution in [0.15, 0.2) is 75.9 Å². The third-order valence-corrected chi connectivity index (χ3v) is 6.09. The van der Waals surface area contributed by atoms with E-state index in [0.29, 0.717) is 16.3 Å². The first kappa shape index (κ1) is 21.7. The minimum Gasteiger partial charge on any atom is -0.497 e. The normalized spacial score (nSPS) is 14.9. The molecular formula is C25H17ClN2O6. The Bertz CT molecular complexity index is 1500. The molecule has 1 unspecified atom stereocenters. The third-order valence-electron chi connectivity index (χ3n) is 5.86. The summed E-state index contributed by atoms with van der Waals surface area (Å²) in [5.41, 5.74) is 1.35. The summed E-state index contributed by atoms with van der Waals surface area (Å²) in [6.07, 6.45) is 0. The van der Waals surface area contributed by atoms with E-state index in [2.05, 4.69) is 0 Å². The van der Waals surface area contributed by atoms with Crippen LogP contribution in [0, 0.1) is 10.1 Å². The summed E-state index contributed by atoms with van der Waals surface area (Å²) in [7, 11) is 1.56. The Hall–Kier alpha value is -4.17. The van der Waals surface area contributed by atoms with Gasteiger partial charge in [-0.05, 0) is 53.6 Å². The van der Waals surface area contributed by atoms with Crippen molar-refractivity contribution in [3.05, 3.63) is 115 Å². The zero-order valence-corrected chi connectivity index (χ0v) is 18.6. The van der Waals surface area contributed by atoms with Gasteiger partial charge in [0.1, 0.15) is 11.3 Å². The topological polar surface area (TPSA) is 103 Å². The summed E-state index contributed by atoms with van der Waals surface area (Å²) < 4.78 is 11.1. The quantitative estimate of drug-likeness (QED) is 0.293. The Kier molecular flexibility index (Phi) is 5.30. The molecule has 0 bridgehead atoms. The van der Waals surface area contributed by atoms with Gasteiger partial charge in [0.15, 0.2) is 5.43 Å². The second-order valence-corrected chi connectivity index (χ2v) is 8.28. The largest absolute Gasteiger partial charge is 0.497 e. The Morgan fingerprint density at radius 1 is 1.06 bits per heavy atom. The molecule has 4 aromatic rings. The van der Waals surface area contributed by atoms with E-state index in [1.807, 2.05) is 12.1 Å². The molecule has 1 aliphatic heterocycles. The molecule has 0 radical (unpaired) electrons. The number of hydrogen-bond donors (Lipinski definition) is 0. The van der Waals surface area contributed by atoms with E-state index in [1.165, 1.54) is 23.1 Å². The molecule has 2 heterocycles. The molecule has 8 nitrogen and oxygen atoms in total. The first-order chi connectivity index (χ1) is 16.4. The van der Waals surface area contributed by atoms with E-state index in [0.717, 1.165) is 5.56 Å². The second-order valence-electron chi connectivity index (χ2n) is 7.85. The number of hydrogen-bond acceptors (Lipinski definition) is 6. The summed E-state index contributed by atoms with van der Waals surface area (Å²) in [6, 6.07) is 16.9. The summed E-state index contributed by atoms with van der Waals surface area (Å²) in [5, 5.41) is 11.8. The first-order valence-corrected chi connectivity index (χ1v) is 10.7. The van der Waals surface area contributed by atoms with E-state index < -0.39 is 16.9 Å². The van der Waals surface area contributed by atoms with Gasteiger partial charge in [0, 0.05) is 23.7 Å². The Morgan fingerprint density at radius 2 is 1.76 bits per heavy atom. The molecule has 0 N–H and O–H groups in total. The van der Waals surface area contributed by atoms with Gasteiger partial charge in [-0.2, -0.15) is 0 Å². The molecule has 170 valence electrons. The highest BCUT2D eigenvalue weighted by molar-refractivity contribution is 6.31. The fraction of sp³-hybridized carbons (Fsp3) is 0.120. The van der Waals surface area contributed by atoms with Crippen molar-refractivity contribution < 1.29 is 18.9 Å². The van der Waals surface area contributed by atoms with Gasteiger partial charge in [-0.3, -0.25) is 19.7 Å². The molecule has 1 aromatic heterocycles. The van der Waals surface area contributed by atoms with E-state index in [4.69, 9.17) is 20.8 Å². The third kappa shape index (κ3) is 3.58. The molecule has 0 saturated heterocycles. The van der Waals surface area contributed by atoms with Gasteiger partial charge in [-0.1, -0.05) is 23.7 Å². The van der Waals surface area contributed by atoms with Gasteiger partial charge in [0.2, 0.25) is 5.76 Å². The average molecular weight is 477 g/mol. The van der Waals surface area contributed by atoms with Crippen LogP contribution in [0.3, 0.4) is 0 Å². The number of fused-ring (bicyclic) bond motifs is 2. The van der Waals surface area contributed by atoms with Crippen LogP contribution in [0.25, 0.3) is 11.0 Å². The number of non-ortho nitro benzene ring substituents is 1. The maximum absolute atomic E-state index is 13.5. The number of nitro groups is 1. The second kappa shape index (κ2) is 8.31. The van der Waals surface area contributed by atoms with Crippen molar-refractivity contribution in [2.75, 3.05) is 7.11 Å². The molecule has 1 amide bonds. The molecule has 34 heavy (non-hydrogen) atoms. The molecule has 3 aromatic carbocycles. The van der Waals surface area contributed by atoms with Crippen LogP contribution in [0.1, 0.15) is 33.3 Å². The van der Waals surface area contributed by atoms with Gasteiger partial charge in [-0.15, -0.1) is 0 Å². The summed E-state index contributed by atoms with van der Waals surface area (Å²) in [5.74, 6) is 0.187. The van der Waals surface area contributed by atoms with Gasteiger partial charge in [0.25, 0.3) is 11.6 Å². The number of rotatable bonds is 5. The molecule has 9 heteroatoms. The van der Waals surface area contributed by atoms with Crippen molar-refractivity contribution in [2.24, 2.45) is 0 Å². The van der Waals surface area contributed by atoms with Crippen LogP contribution in [-0.4, -0.2) is 22.8 Å². The van der Waals surface area contributed by atoms with Crippen LogP contribution in [0.2, 0.25) is 5.02 Å². The Morgan fingerprint density at radius 3 is 2.41 bits per heavy atom. The standard InChI is InChI=1S/C25H17ClN2O6/c1-33-18-9-2-14(3-10-18)13-27-22(15-4-7-17(8-5-15)28(31)32)21-23(29)19-12-16(26)6-11-20(19)34-24(21)25(27)30/h2-12,22H,13H2,1H3. The van der Waals surface area contributed by atoms with E-state index in [1.54, 1.807) is 43.5 Å². The number of halogens is 1. The first-order valence-electron chi connectivity index (χ1n) is 10.3. The minimum absolute atomic E-state index is 0.0447. The van der Waals surface area contributed by atoms with Crippen molar-refractivity contribution in [1.82, 2.24) is 4.90 Å². The molecule has 0 aliphatic carbocycles. The number of nitro benzene ring substituents is 1. The molecular weight excluding hydrogens is 460 g/mol. The predicted octanol–water partition coefficient (Wildman–Crippen LogP) is 5.11. The van der Waals surface area contributed by atoms with Crippen molar-refractivity contribution >= 4 is 34.2 Å². The highest BCUT2D eigenvalue weighted by Gasteiger charge is 2.42. The fourth-order valence-corrected chi connectivity index (χ4v) is 4.38.